The molecule has 11 heterocycles. The number of likely N-dealkylation sites (N-methyl/N-ethyl adjacent to an activating group) is 2. The highest BCUT2D eigenvalue weighted by Gasteiger charge is 2.30. The second-order valence-electron chi connectivity index (χ2n) is 28.6. The van der Waals surface area contributed by atoms with Gasteiger partial charge in [-0.05, 0) is 188 Å². The molecule has 2 saturated heterocycles. The maximum Gasteiger partial charge on any atom is 0.254 e. The maximum atomic E-state index is 12.8. The van der Waals surface area contributed by atoms with E-state index in [1.54, 1.807) is 79.5 Å². The van der Waals surface area contributed by atoms with Gasteiger partial charge in [0.1, 0.15) is 0 Å². The highest BCUT2D eigenvalue weighted by molar-refractivity contribution is 5.98. The highest BCUT2D eigenvalue weighted by atomic mass is 16.3. The molecular weight excluding hydrogens is 1440 g/mol. The van der Waals surface area contributed by atoms with Crippen LogP contribution in [0.5, 0.6) is 0 Å². The number of β-amino-alcohol motifs (C(OH)–C–C–N with tert-alkyl or cyclic N) is 1. The highest BCUT2D eigenvalue weighted by Crippen LogP contribution is 2.31. The molecule has 33 nitrogen and oxygen atoms in total. The lowest BCUT2D eigenvalue weighted by atomic mass is 10.1. The summed E-state index contributed by atoms with van der Waals surface area (Å²) in [6.45, 7) is 3.73. The Balaban J connectivity index is 0.000000134. The van der Waals surface area contributed by atoms with Crippen LogP contribution in [0.25, 0.3) is 16.9 Å². The molecule has 6 aromatic carbocycles. The van der Waals surface area contributed by atoms with Gasteiger partial charge in [0.15, 0.2) is 16.9 Å². The molecule has 0 saturated carbocycles. The first-order valence-corrected chi connectivity index (χ1v) is 37.7. The normalized spacial score (nSPS) is 15.3. The minimum Gasteiger partial charge on any atom is -0.389 e. The van der Waals surface area contributed by atoms with Crippen LogP contribution >= 0.6 is 0 Å². The van der Waals surface area contributed by atoms with Gasteiger partial charge in [-0.1, -0.05) is 36.4 Å². The smallest absolute Gasteiger partial charge is 0.254 e. The van der Waals surface area contributed by atoms with Crippen LogP contribution in [-0.4, -0.2) is 187 Å². The van der Waals surface area contributed by atoms with Crippen LogP contribution in [-0.2, 0) is 33.6 Å². The standard InChI is InChI=1S/C27H29N9O2.C27H31N9O2.C26H26N8O3/c1-35-15-22(16-35)30-25(38)17-7-4-8-19(12-17)32-27-34-26-31-21-10-5-9-20(13-21)29-23(37)11-3-2-6-18-14-28-36(27)24(18)33-26;1-35(2)14-13-28-25(38)18-8-5-9-20(15-18)32-27-34-26-31-22-11-6-10-21(16-22)30-23(37)12-4-3-7-19-17-29-36(27)24(19)33-26;35-21-14-33(15-21)24(37)16-6-3-7-18(11-16)30-26-32-25-29-20-9-4-8-19(12-20)28-22(36)10-2-1-5-17-13-27-34(26)23(17)31-25/h4-5,7-10,12-14,22H,2-3,6,11,15-16H2,1H3,(H,29,37)(H,30,38)(H2,31,32,33,34);5-6,8-11,15-17H,3-4,7,12-14H2,1-2H3,(H,28,38)(H,30,37)(H2,31,32,33,34);3-4,6-9,11-13,21,35H,1-2,5,10,14-15H2,(H,28,36)(H2,29,30,31,32). The zero-order valence-electron chi connectivity index (χ0n) is 62.6. The number of aliphatic hydroxyl groups is 1. The number of likely N-dealkylation sites (tertiary alicyclic amines) is 2. The van der Waals surface area contributed by atoms with E-state index >= 15 is 0 Å². The van der Waals surface area contributed by atoms with E-state index in [9.17, 15) is 33.9 Å². The fourth-order valence-corrected chi connectivity index (χ4v) is 13.5. The molecule has 0 unspecified atom stereocenters. The van der Waals surface area contributed by atoms with Gasteiger partial charge in [0, 0.05) is 143 Å². The maximum absolute atomic E-state index is 12.8. The summed E-state index contributed by atoms with van der Waals surface area (Å²) in [7, 11) is 5.96. The molecule has 5 aliphatic rings. The largest absolute Gasteiger partial charge is 0.389 e. The number of hydrogen-bond donors (Lipinski definition) is 12. The lowest BCUT2D eigenvalue weighted by molar-refractivity contribution is -0.117. The molecule has 0 atom stereocenters. The first kappa shape index (κ1) is 74.9. The number of rotatable bonds is 13. The van der Waals surface area contributed by atoms with Gasteiger partial charge in [-0.15, -0.1) is 0 Å². The van der Waals surface area contributed by atoms with Gasteiger partial charge in [-0.25, -0.2) is 0 Å². The van der Waals surface area contributed by atoms with Crippen LogP contribution in [0.2, 0.25) is 0 Å². The van der Waals surface area contributed by atoms with Crippen LogP contribution in [0, 0.1) is 0 Å². The fourth-order valence-electron chi connectivity index (χ4n) is 13.5. The van der Waals surface area contributed by atoms with Crippen molar-refractivity contribution < 1.29 is 33.9 Å². The molecule has 12 N–H and O–H groups in total. The number of amides is 6. The Morgan fingerprint density at radius 3 is 1.18 bits per heavy atom. The van der Waals surface area contributed by atoms with E-state index in [0.717, 1.165) is 111 Å². The molecule has 33 heteroatoms. The predicted octanol–water partition coefficient (Wildman–Crippen LogP) is 9.98. The van der Waals surface area contributed by atoms with E-state index in [1.165, 1.54) is 0 Å². The van der Waals surface area contributed by atoms with Crippen molar-refractivity contribution in [3.63, 3.8) is 0 Å². The summed E-state index contributed by atoms with van der Waals surface area (Å²) < 4.78 is 4.99. The number of fused-ring (bicyclic) bond motifs is 9. The van der Waals surface area contributed by atoms with Gasteiger partial charge >= 0.3 is 0 Å². The van der Waals surface area contributed by atoms with E-state index in [2.05, 4.69) is 88.6 Å². The topological polar surface area (TPSA) is 394 Å². The third-order valence-electron chi connectivity index (χ3n) is 19.4. The SMILES string of the molecule is CN(C)CCNC(=O)c1cccc(Nc2nc3nc4c(cnn24)CCCCC(=O)Nc2cccc(c2)N3)c1.CN1CC(NC(=O)c2cccc(Nc3nc4nc5c(cnn35)CCCCC(=O)Nc3cccc(c3)N4)c2)C1.O=C1CCCCc2cnn3c(Nc4cccc(C(=O)N5CC(O)C5)c4)nc(nc23)Nc2cccc(c2)N1. The van der Waals surface area contributed by atoms with E-state index in [-0.39, 0.29) is 41.5 Å². The Kier molecular flexibility index (Phi) is 22.6. The molecule has 0 aliphatic carbocycles. The first-order chi connectivity index (χ1) is 55.0. The number of anilines is 15. The fraction of sp³-hybridized carbons (Fsp3) is 0.287. The van der Waals surface area contributed by atoms with Crippen molar-refractivity contribution in [2.75, 3.05) is 108 Å². The van der Waals surface area contributed by atoms with E-state index in [0.29, 0.717) is 142 Å². The Hall–Kier alpha value is -13.5. The number of nitrogens with one attached hydrogen (secondary N) is 11. The van der Waals surface area contributed by atoms with Gasteiger partial charge in [0.25, 0.3) is 17.7 Å². The minimum atomic E-state index is -0.453. The lowest BCUT2D eigenvalue weighted by Crippen LogP contribution is -2.57. The first-order valence-electron chi connectivity index (χ1n) is 37.7. The monoisotopic (exact) mass is 1520 g/mol. The van der Waals surface area contributed by atoms with Gasteiger partial charge in [0.2, 0.25) is 53.4 Å². The van der Waals surface area contributed by atoms with Crippen molar-refractivity contribution in [3.8, 4) is 0 Å². The van der Waals surface area contributed by atoms with Gasteiger partial charge in [-0.2, -0.15) is 58.7 Å². The molecule has 5 aliphatic heterocycles. The molecule has 578 valence electrons. The second-order valence-corrected chi connectivity index (χ2v) is 28.6. The summed E-state index contributed by atoms with van der Waals surface area (Å²) in [5.74, 6) is 2.15. The molecule has 12 bridgehead atoms. The van der Waals surface area contributed by atoms with Crippen LogP contribution in [0.1, 0.15) is 106 Å². The number of aryl methyl sites for hydroxylation is 3. The third-order valence-corrected chi connectivity index (χ3v) is 19.4. The minimum absolute atomic E-state index is 0.00319. The van der Waals surface area contributed by atoms with Gasteiger partial charge in [0.05, 0.1) is 30.7 Å². The molecule has 12 aromatic rings. The summed E-state index contributed by atoms with van der Waals surface area (Å²) in [5, 5.41) is 57.7. The van der Waals surface area contributed by atoms with Crippen LogP contribution in [0.3, 0.4) is 0 Å². The number of hydrogen-bond acceptors (Lipinski definition) is 24. The zero-order valence-corrected chi connectivity index (χ0v) is 62.6. The number of carbonyl (C=O) groups is 6. The summed E-state index contributed by atoms with van der Waals surface area (Å²) in [6, 6.07) is 44.3. The summed E-state index contributed by atoms with van der Waals surface area (Å²) in [6.07, 6.45) is 13.2. The molecule has 6 amide bonds. The second kappa shape index (κ2) is 34.2. The van der Waals surface area contributed by atoms with Crippen LogP contribution < -0.4 is 58.5 Å². The summed E-state index contributed by atoms with van der Waals surface area (Å²) >= 11 is 0. The van der Waals surface area contributed by atoms with Crippen molar-refractivity contribution in [2.45, 2.75) is 89.2 Å². The number of aliphatic hydroxyl groups excluding tert-OH is 1. The van der Waals surface area contributed by atoms with Crippen LogP contribution in [0.4, 0.5) is 86.9 Å². The van der Waals surface area contributed by atoms with E-state index < -0.39 is 6.10 Å². The molecule has 113 heavy (non-hydrogen) atoms. The number of benzene rings is 6. The Morgan fingerprint density at radius 1 is 0.442 bits per heavy atom. The molecule has 2 fully saturated rings. The van der Waals surface area contributed by atoms with Gasteiger partial charge in [-0.3, -0.25) is 28.8 Å². The molecule has 0 spiro atoms. The van der Waals surface area contributed by atoms with Crippen molar-refractivity contribution in [1.29, 1.82) is 0 Å². The number of aromatic nitrogens is 12. The average Bonchev–Trinajstić information content (AvgIpc) is 1.65. The number of carbonyl (C=O) groups excluding carboxylic acids is 6. The van der Waals surface area contributed by atoms with Crippen molar-refractivity contribution >= 4 is 139 Å². The summed E-state index contributed by atoms with van der Waals surface area (Å²) in [4.78, 5) is 109. The van der Waals surface area contributed by atoms with Gasteiger partial charge < -0.3 is 78.3 Å². The number of nitrogens with zero attached hydrogens (tertiary/aromatic N) is 15. The Bertz CT molecular complexity index is 5530. The van der Waals surface area contributed by atoms with E-state index in [4.69, 9.17) is 19.9 Å². The predicted molar refractivity (Wildman–Crippen MR) is 431 cm³/mol. The molecule has 6 aromatic heterocycles. The Morgan fingerprint density at radius 2 is 0.796 bits per heavy atom. The lowest BCUT2D eigenvalue weighted by Gasteiger charge is -2.36. The van der Waals surface area contributed by atoms with E-state index in [1.807, 2.05) is 129 Å². The quantitative estimate of drug-likeness (QED) is 0.0510. The van der Waals surface area contributed by atoms with Crippen molar-refractivity contribution in [2.24, 2.45) is 0 Å². The zero-order chi connectivity index (χ0) is 77.9. The van der Waals surface area contributed by atoms with Crippen molar-refractivity contribution in [1.82, 2.24) is 84.1 Å². The average molecular weight is 1520 g/mol. The van der Waals surface area contributed by atoms with Crippen LogP contribution in [0.15, 0.2) is 164 Å². The molecule has 17 rings (SSSR count). The Labute approximate surface area is 649 Å². The molecular formula is C80H86N26O7. The molecule has 0 radical (unpaired) electrons. The summed E-state index contributed by atoms with van der Waals surface area (Å²) in [5.41, 5.74) is 13.0. The third kappa shape index (κ3) is 18.9. The van der Waals surface area contributed by atoms with Crippen molar-refractivity contribution in [3.05, 3.63) is 198 Å².